The summed E-state index contributed by atoms with van der Waals surface area (Å²) in [6.07, 6.45) is 7.48. The smallest absolute Gasteiger partial charge is 0.175 e. The second-order valence-electron chi connectivity index (χ2n) is 5.48. The summed E-state index contributed by atoms with van der Waals surface area (Å²) in [6.45, 7) is 1.94. The fraction of sp³-hybridized carbons (Fsp3) is 0.500. The monoisotopic (exact) mass is 352 g/mol. The molecule has 2 aliphatic rings. The molecule has 0 radical (unpaired) electrons. The summed E-state index contributed by atoms with van der Waals surface area (Å²) in [5.74, 6) is 1.61. The molecule has 3 N–H and O–H groups in total. The van der Waals surface area contributed by atoms with Gasteiger partial charge in [-0.3, -0.25) is 0 Å². The predicted molar refractivity (Wildman–Crippen MR) is 86.8 cm³/mol. The van der Waals surface area contributed by atoms with Crippen LogP contribution in [0.3, 0.4) is 0 Å². The first-order valence-electron chi connectivity index (χ1n) is 7.48. The third kappa shape index (κ3) is 3.42. The zero-order chi connectivity index (χ0) is 14.7. The molecular formula is C16H21BrN2O2. The Morgan fingerprint density at radius 2 is 2.00 bits per heavy atom. The Balaban J connectivity index is 1.82. The van der Waals surface area contributed by atoms with E-state index in [9.17, 15) is 0 Å². The summed E-state index contributed by atoms with van der Waals surface area (Å²) in [4.78, 5) is 0. The van der Waals surface area contributed by atoms with Crippen molar-refractivity contribution < 1.29 is 9.47 Å². The van der Waals surface area contributed by atoms with Gasteiger partial charge in [0.15, 0.2) is 11.5 Å². The molecular weight excluding hydrogens is 332 g/mol. The molecule has 4 nitrogen and oxygen atoms in total. The molecule has 21 heavy (non-hydrogen) atoms. The van der Waals surface area contributed by atoms with Gasteiger partial charge in [0.25, 0.3) is 0 Å². The maximum Gasteiger partial charge on any atom is 0.175 e. The van der Waals surface area contributed by atoms with Crippen LogP contribution in [-0.2, 0) is 0 Å². The van der Waals surface area contributed by atoms with E-state index < -0.39 is 0 Å². The summed E-state index contributed by atoms with van der Waals surface area (Å²) < 4.78 is 12.5. The number of nitrogens with two attached hydrogens (primary N) is 1. The maximum atomic E-state index is 5.97. The molecule has 1 aliphatic carbocycles. The lowest BCUT2D eigenvalue weighted by molar-refractivity contribution is 0.296. The number of ether oxygens (including phenoxy) is 2. The van der Waals surface area contributed by atoms with Gasteiger partial charge in [-0.1, -0.05) is 12.2 Å². The van der Waals surface area contributed by atoms with Crippen LogP contribution in [0.5, 0.6) is 11.5 Å². The van der Waals surface area contributed by atoms with E-state index in [1.54, 1.807) is 0 Å². The minimum Gasteiger partial charge on any atom is -0.490 e. The molecule has 0 fully saturated rings. The highest BCUT2D eigenvalue weighted by Crippen LogP contribution is 2.39. The molecule has 0 saturated carbocycles. The molecule has 1 aromatic carbocycles. The predicted octanol–water partition coefficient (Wildman–Crippen LogP) is 2.92. The largest absolute Gasteiger partial charge is 0.490 e. The first kappa shape index (κ1) is 14.9. The topological polar surface area (TPSA) is 56.5 Å². The summed E-state index contributed by atoms with van der Waals surface area (Å²) >= 11 is 3.59. The molecule has 114 valence electrons. The zero-order valence-electron chi connectivity index (χ0n) is 12.0. The van der Waals surface area contributed by atoms with Crippen molar-refractivity contribution in [1.82, 2.24) is 5.32 Å². The van der Waals surface area contributed by atoms with E-state index in [0.717, 1.165) is 40.8 Å². The van der Waals surface area contributed by atoms with Crippen LogP contribution in [0.4, 0.5) is 0 Å². The first-order valence-corrected chi connectivity index (χ1v) is 8.27. The fourth-order valence-electron chi connectivity index (χ4n) is 2.79. The van der Waals surface area contributed by atoms with Crippen molar-refractivity contribution in [3.05, 3.63) is 34.3 Å². The van der Waals surface area contributed by atoms with Gasteiger partial charge in [0.2, 0.25) is 0 Å². The van der Waals surface area contributed by atoms with E-state index in [1.165, 1.54) is 0 Å². The number of benzene rings is 1. The molecule has 1 aliphatic heterocycles. The van der Waals surface area contributed by atoms with Crippen molar-refractivity contribution in [3.63, 3.8) is 0 Å². The van der Waals surface area contributed by atoms with Gasteiger partial charge in [-0.2, -0.15) is 0 Å². The lowest BCUT2D eigenvalue weighted by atomic mass is 10.0. The van der Waals surface area contributed by atoms with Gasteiger partial charge in [0.05, 0.1) is 17.7 Å². The van der Waals surface area contributed by atoms with Gasteiger partial charge in [-0.25, -0.2) is 0 Å². The lowest BCUT2D eigenvalue weighted by Gasteiger charge is -2.23. The standard InChI is InChI=1S/C16H21BrN2O2/c17-13-8-11(9-15-16(13)21-7-3-6-20-15)14(10-18)19-12-4-1-2-5-12/h1-2,8-9,12,14,19H,3-7,10,18H2. The van der Waals surface area contributed by atoms with Crippen LogP contribution in [0.15, 0.2) is 28.8 Å². The van der Waals surface area contributed by atoms with Crippen molar-refractivity contribution >= 4 is 15.9 Å². The molecule has 0 saturated heterocycles. The molecule has 0 bridgehead atoms. The number of halogens is 1. The van der Waals surface area contributed by atoms with Gasteiger partial charge in [0.1, 0.15) is 0 Å². The Bertz CT molecular complexity index is 525. The summed E-state index contributed by atoms with van der Waals surface area (Å²) in [6, 6.07) is 4.75. The van der Waals surface area contributed by atoms with Crippen LogP contribution < -0.4 is 20.5 Å². The highest BCUT2D eigenvalue weighted by molar-refractivity contribution is 9.10. The van der Waals surface area contributed by atoms with Crippen LogP contribution >= 0.6 is 15.9 Å². The lowest BCUT2D eigenvalue weighted by Crippen LogP contribution is -2.35. The van der Waals surface area contributed by atoms with E-state index in [4.69, 9.17) is 15.2 Å². The van der Waals surface area contributed by atoms with Crippen LogP contribution in [0.1, 0.15) is 30.9 Å². The van der Waals surface area contributed by atoms with E-state index in [-0.39, 0.29) is 6.04 Å². The highest BCUT2D eigenvalue weighted by Gasteiger charge is 2.21. The van der Waals surface area contributed by atoms with Crippen molar-refractivity contribution in [2.24, 2.45) is 5.73 Å². The molecule has 5 heteroatoms. The maximum absolute atomic E-state index is 5.97. The molecule has 1 aromatic rings. The van der Waals surface area contributed by atoms with Gasteiger partial charge in [0, 0.05) is 25.0 Å². The Morgan fingerprint density at radius 3 is 2.76 bits per heavy atom. The molecule has 1 atom stereocenters. The number of hydrogen-bond donors (Lipinski definition) is 2. The average molecular weight is 353 g/mol. The van der Waals surface area contributed by atoms with E-state index in [0.29, 0.717) is 25.8 Å². The summed E-state index contributed by atoms with van der Waals surface area (Å²) in [5.41, 5.74) is 7.11. The van der Waals surface area contributed by atoms with E-state index in [2.05, 4.69) is 45.5 Å². The minimum atomic E-state index is 0.128. The number of hydrogen-bond acceptors (Lipinski definition) is 4. The van der Waals surface area contributed by atoms with Crippen molar-refractivity contribution in [2.45, 2.75) is 31.3 Å². The Kier molecular flexibility index (Phi) is 4.83. The van der Waals surface area contributed by atoms with Crippen LogP contribution in [0.25, 0.3) is 0 Å². The van der Waals surface area contributed by atoms with E-state index >= 15 is 0 Å². The quantitative estimate of drug-likeness (QED) is 0.818. The zero-order valence-corrected chi connectivity index (χ0v) is 13.6. The van der Waals surface area contributed by atoms with Crippen molar-refractivity contribution in [2.75, 3.05) is 19.8 Å². The normalized spacial score (nSPS) is 19.5. The molecule has 0 amide bonds. The Hall–Kier alpha value is -1.04. The van der Waals surface area contributed by atoms with Crippen LogP contribution in [0, 0.1) is 0 Å². The second kappa shape index (κ2) is 6.81. The second-order valence-corrected chi connectivity index (χ2v) is 6.33. The number of rotatable bonds is 4. The van der Waals surface area contributed by atoms with Gasteiger partial charge < -0.3 is 20.5 Å². The number of nitrogens with one attached hydrogen (secondary N) is 1. The van der Waals surface area contributed by atoms with Gasteiger partial charge in [-0.15, -0.1) is 0 Å². The SMILES string of the molecule is NCC(NC1CC=CC1)c1cc(Br)c2c(c1)OCCCO2. The minimum absolute atomic E-state index is 0.128. The van der Waals surface area contributed by atoms with E-state index in [1.807, 2.05) is 0 Å². The Labute approximate surface area is 133 Å². The van der Waals surface area contributed by atoms with Gasteiger partial charge in [-0.05, 0) is 46.5 Å². The van der Waals surface area contributed by atoms with Gasteiger partial charge >= 0.3 is 0 Å². The first-order chi connectivity index (χ1) is 10.3. The molecule has 0 aromatic heterocycles. The number of fused-ring (bicyclic) bond motifs is 1. The van der Waals surface area contributed by atoms with Crippen molar-refractivity contribution in [1.29, 1.82) is 0 Å². The average Bonchev–Trinajstić information content (AvgIpc) is 2.88. The molecule has 0 spiro atoms. The third-order valence-corrected chi connectivity index (χ3v) is 4.50. The van der Waals surface area contributed by atoms with Crippen LogP contribution in [0.2, 0.25) is 0 Å². The molecule has 3 rings (SSSR count). The summed E-state index contributed by atoms with van der Waals surface area (Å²) in [5, 5.41) is 3.63. The highest BCUT2D eigenvalue weighted by atomic mass is 79.9. The third-order valence-electron chi connectivity index (χ3n) is 3.91. The van der Waals surface area contributed by atoms with Crippen LogP contribution in [-0.4, -0.2) is 25.8 Å². The van der Waals surface area contributed by atoms with Crippen molar-refractivity contribution in [3.8, 4) is 11.5 Å². The fourth-order valence-corrected chi connectivity index (χ4v) is 3.36. The summed E-state index contributed by atoms with van der Waals surface area (Å²) in [7, 11) is 0. The Morgan fingerprint density at radius 1 is 1.24 bits per heavy atom. The molecule has 1 unspecified atom stereocenters. The molecule has 1 heterocycles.